The molecular formula is C16H26N2O2S. The Labute approximate surface area is 128 Å². The van der Waals surface area contributed by atoms with Gasteiger partial charge in [-0.15, -0.1) is 0 Å². The third-order valence-corrected chi connectivity index (χ3v) is 6.12. The molecule has 1 aliphatic rings. The summed E-state index contributed by atoms with van der Waals surface area (Å²) >= 11 is 0. The normalized spacial score (nSPS) is 23.6. The molecule has 1 fully saturated rings. The molecule has 1 aliphatic heterocycles. The van der Waals surface area contributed by atoms with Crippen molar-refractivity contribution in [2.45, 2.75) is 38.6 Å². The van der Waals surface area contributed by atoms with Gasteiger partial charge in [-0.2, -0.15) is 4.31 Å². The highest BCUT2D eigenvalue weighted by atomic mass is 32.2. The average Bonchev–Trinajstić information content (AvgIpc) is 2.80. The van der Waals surface area contributed by atoms with Crippen molar-refractivity contribution >= 4 is 10.0 Å². The zero-order valence-electron chi connectivity index (χ0n) is 13.2. The highest BCUT2D eigenvalue weighted by Gasteiger charge is 2.34. The number of hydrogen-bond acceptors (Lipinski definition) is 3. The lowest BCUT2D eigenvalue weighted by Crippen LogP contribution is -2.29. The number of nitrogens with zero attached hydrogens (tertiary/aromatic N) is 1. The molecule has 118 valence electrons. The highest BCUT2D eigenvalue weighted by molar-refractivity contribution is 7.89. The van der Waals surface area contributed by atoms with E-state index in [9.17, 15) is 8.42 Å². The summed E-state index contributed by atoms with van der Waals surface area (Å²) < 4.78 is 26.8. The van der Waals surface area contributed by atoms with Crippen LogP contribution in [0, 0.1) is 11.8 Å². The molecule has 4 nitrogen and oxygen atoms in total. The summed E-state index contributed by atoms with van der Waals surface area (Å²) in [6.45, 7) is 9.37. The quantitative estimate of drug-likeness (QED) is 0.821. The fraction of sp³-hybridized carbons (Fsp3) is 0.625. The Kier molecular flexibility index (Phi) is 5.41. The van der Waals surface area contributed by atoms with E-state index in [1.54, 1.807) is 16.4 Å². The van der Waals surface area contributed by atoms with E-state index in [2.05, 4.69) is 26.1 Å². The van der Waals surface area contributed by atoms with Crippen molar-refractivity contribution < 1.29 is 8.42 Å². The van der Waals surface area contributed by atoms with Crippen LogP contribution in [0.25, 0.3) is 0 Å². The second-order valence-corrected chi connectivity index (χ2v) is 8.04. The predicted octanol–water partition coefficient (Wildman–Crippen LogP) is 2.46. The lowest BCUT2D eigenvalue weighted by Gasteiger charge is -2.16. The lowest BCUT2D eigenvalue weighted by atomic mass is 10.0. The molecule has 1 aromatic carbocycles. The minimum absolute atomic E-state index is 0.406. The molecule has 0 bridgehead atoms. The van der Waals surface area contributed by atoms with E-state index in [1.807, 2.05) is 12.1 Å². The van der Waals surface area contributed by atoms with Gasteiger partial charge < -0.3 is 5.32 Å². The van der Waals surface area contributed by atoms with E-state index >= 15 is 0 Å². The predicted molar refractivity (Wildman–Crippen MR) is 85.5 cm³/mol. The van der Waals surface area contributed by atoms with Gasteiger partial charge in [0.2, 0.25) is 10.0 Å². The molecule has 0 spiro atoms. The van der Waals surface area contributed by atoms with Crippen LogP contribution in [0.4, 0.5) is 0 Å². The van der Waals surface area contributed by atoms with Gasteiger partial charge in [0.1, 0.15) is 0 Å². The van der Waals surface area contributed by atoms with Gasteiger partial charge in [0, 0.05) is 19.6 Å². The summed E-state index contributed by atoms with van der Waals surface area (Å²) in [6.07, 6.45) is 1.10. The number of benzene rings is 1. The third kappa shape index (κ3) is 3.84. The fourth-order valence-corrected chi connectivity index (χ4v) is 4.25. The lowest BCUT2D eigenvalue weighted by molar-refractivity contribution is 0.463. The van der Waals surface area contributed by atoms with E-state index in [0.717, 1.165) is 25.1 Å². The smallest absolute Gasteiger partial charge is 0.243 e. The topological polar surface area (TPSA) is 49.4 Å². The van der Waals surface area contributed by atoms with E-state index in [4.69, 9.17) is 0 Å². The van der Waals surface area contributed by atoms with Crippen LogP contribution in [0.3, 0.4) is 0 Å². The molecule has 1 heterocycles. The van der Waals surface area contributed by atoms with Crippen molar-refractivity contribution in [1.82, 2.24) is 9.62 Å². The molecular weight excluding hydrogens is 284 g/mol. The van der Waals surface area contributed by atoms with Gasteiger partial charge in [0.15, 0.2) is 0 Å². The van der Waals surface area contributed by atoms with Gasteiger partial charge >= 0.3 is 0 Å². The monoisotopic (exact) mass is 310 g/mol. The van der Waals surface area contributed by atoms with Gasteiger partial charge in [0.25, 0.3) is 0 Å². The molecule has 0 saturated carbocycles. The van der Waals surface area contributed by atoms with Gasteiger partial charge in [-0.1, -0.05) is 32.9 Å². The third-order valence-electron chi connectivity index (χ3n) is 4.27. The van der Waals surface area contributed by atoms with E-state index < -0.39 is 10.0 Å². The first-order chi connectivity index (χ1) is 9.95. The zero-order chi connectivity index (χ0) is 15.5. The Morgan fingerprint density at radius 1 is 1.14 bits per heavy atom. The molecule has 2 atom stereocenters. The number of sulfonamides is 1. The van der Waals surface area contributed by atoms with Crippen LogP contribution in [-0.2, 0) is 16.6 Å². The first-order valence-corrected chi connectivity index (χ1v) is 9.19. The summed E-state index contributed by atoms with van der Waals surface area (Å²) in [5.41, 5.74) is 1.12. The van der Waals surface area contributed by atoms with Crippen molar-refractivity contribution in [3.8, 4) is 0 Å². The molecule has 5 heteroatoms. The first-order valence-electron chi connectivity index (χ1n) is 7.75. The van der Waals surface area contributed by atoms with Crippen molar-refractivity contribution in [2.75, 3.05) is 19.6 Å². The number of rotatable bonds is 6. The van der Waals surface area contributed by atoms with Crippen LogP contribution < -0.4 is 5.32 Å². The highest BCUT2D eigenvalue weighted by Crippen LogP contribution is 2.28. The molecule has 1 aromatic rings. The van der Waals surface area contributed by atoms with Gasteiger partial charge in [-0.05, 0) is 42.5 Å². The van der Waals surface area contributed by atoms with Crippen LogP contribution in [0.15, 0.2) is 29.2 Å². The molecule has 1 N–H and O–H groups in total. The van der Waals surface area contributed by atoms with Crippen LogP contribution >= 0.6 is 0 Å². The summed E-state index contributed by atoms with van der Waals surface area (Å²) in [4.78, 5) is 0.406. The van der Waals surface area contributed by atoms with Crippen LogP contribution in [0.1, 0.15) is 32.8 Å². The van der Waals surface area contributed by atoms with Crippen molar-refractivity contribution in [1.29, 1.82) is 0 Å². The molecule has 0 radical (unpaired) electrons. The van der Waals surface area contributed by atoms with Crippen molar-refractivity contribution in [3.05, 3.63) is 29.8 Å². The summed E-state index contributed by atoms with van der Waals surface area (Å²) in [7, 11) is -3.33. The maximum absolute atomic E-state index is 12.6. The first kappa shape index (κ1) is 16.5. The Balaban J connectivity index is 2.07. The molecule has 2 rings (SSSR count). The largest absolute Gasteiger partial charge is 0.313 e. The summed E-state index contributed by atoms with van der Waals surface area (Å²) in [6, 6.07) is 7.26. The Morgan fingerprint density at radius 3 is 2.24 bits per heavy atom. The number of hydrogen-bond donors (Lipinski definition) is 1. The van der Waals surface area contributed by atoms with Crippen LogP contribution in [-0.4, -0.2) is 32.4 Å². The molecule has 0 aliphatic carbocycles. The van der Waals surface area contributed by atoms with Gasteiger partial charge in [0.05, 0.1) is 4.90 Å². The van der Waals surface area contributed by atoms with E-state index in [-0.39, 0.29) is 0 Å². The second-order valence-electron chi connectivity index (χ2n) is 6.10. The van der Waals surface area contributed by atoms with Crippen molar-refractivity contribution in [2.24, 2.45) is 11.8 Å². The minimum Gasteiger partial charge on any atom is -0.313 e. The van der Waals surface area contributed by atoms with Crippen LogP contribution in [0.5, 0.6) is 0 Å². The minimum atomic E-state index is -3.33. The summed E-state index contributed by atoms with van der Waals surface area (Å²) in [5.74, 6) is 0.856. The SMILES string of the molecule is CCCNCc1ccc(S(=O)(=O)N2CC(C)C(C)C2)cc1. The maximum atomic E-state index is 12.6. The fourth-order valence-electron chi connectivity index (χ4n) is 2.61. The molecule has 0 amide bonds. The molecule has 2 unspecified atom stereocenters. The van der Waals surface area contributed by atoms with E-state index in [1.165, 1.54) is 0 Å². The second kappa shape index (κ2) is 6.90. The Bertz CT molecular complexity index is 544. The average molecular weight is 310 g/mol. The molecule has 0 aromatic heterocycles. The van der Waals surface area contributed by atoms with E-state index in [0.29, 0.717) is 29.8 Å². The summed E-state index contributed by atoms with van der Waals surface area (Å²) in [5, 5.41) is 3.32. The Hall–Kier alpha value is -0.910. The maximum Gasteiger partial charge on any atom is 0.243 e. The van der Waals surface area contributed by atoms with Gasteiger partial charge in [-0.3, -0.25) is 0 Å². The van der Waals surface area contributed by atoms with Crippen LogP contribution in [0.2, 0.25) is 0 Å². The van der Waals surface area contributed by atoms with Crippen molar-refractivity contribution in [3.63, 3.8) is 0 Å². The zero-order valence-corrected chi connectivity index (χ0v) is 14.0. The Morgan fingerprint density at radius 2 is 1.71 bits per heavy atom. The van der Waals surface area contributed by atoms with Gasteiger partial charge in [-0.25, -0.2) is 8.42 Å². The molecule has 21 heavy (non-hydrogen) atoms. The standard InChI is InChI=1S/C16H26N2O2S/c1-4-9-17-10-15-5-7-16(8-6-15)21(19,20)18-11-13(2)14(3)12-18/h5-8,13-14,17H,4,9-12H2,1-3H3. The molecule has 1 saturated heterocycles. The number of nitrogens with one attached hydrogen (secondary N) is 1.